The van der Waals surface area contributed by atoms with Crippen molar-refractivity contribution < 1.29 is 14.6 Å². The molecule has 2 rings (SSSR count). The van der Waals surface area contributed by atoms with Crippen LogP contribution < -0.4 is 10.5 Å². The summed E-state index contributed by atoms with van der Waals surface area (Å²) >= 11 is 0. The van der Waals surface area contributed by atoms with Crippen molar-refractivity contribution in [2.45, 2.75) is 18.9 Å². The average molecular weight is 252 g/mol. The van der Waals surface area contributed by atoms with E-state index < -0.39 is 6.10 Å². The van der Waals surface area contributed by atoms with Crippen LogP contribution in [0.3, 0.4) is 0 Å². The van der Waals surface area contributed by atoms with E-state index in [-0.39, 0.29) is 5.41 Å². The first-order valence-corrected chi connectivity index (χ1v) is 6.18. The molecule has 1 aliphatic heterocycles. The summed E-state index contributed by atoms with van der Waals surface area (Å²) in [7, 11) is 1.57. The Morgan fingerprint density at radius 1 is 1.50 bits per heavy atom. The van der Waals surface area contributed by atoms with Gasteiger partial charge in [0.2, 0.25) is 5.88 Å². The molecule has 1 aliphatic rings. The summed E-state index contributed by atoms with van der Waals surface area (Å²) < 4.78 is 10.4. The average Bonchev–Trinajstić information content (AvgIpc) is 2.47. The highest BCUT2D eigenvalue weighted by Gasteiger charge is 2.39. The highest BCUT2D eigenvalue weighted by atomic mass is 16.5. The molecule has 100 valence electrons. The standard InChI is InChI=1S/C13H20N2O3/c1-17-11-3-2-10(8-15-11)12(16)13(9-14)4-6-18-7-5-13/h2-3,8,12,16H,4-7,9,14H2,1H3. The van der Waals surface area contributed by atoms with Crippen molar-refractivity contribution in [2.75, 3.05) is 26.9 Å². The molecule has 5 heteroatoms. The second-order valence-electron chi connectivity index (χ2n) is 4.72. The molecule has 1 unspecified atom stereocenters. The normalized spacial score (nSPS) is 20.4. The lowest BCUT2D eigenvalue weighted by molar-refractivity contribution is -0.0582. The van der Waals surface area contributed by atoms with Crippen LogP contribution in [0.1, 0.15) is 24.5 Å². The van der Waals surface area contributed by atoms with Gasteiger partial charge in [0.1, 0.15) is 0 Å². The molecule has 1 aromatic heterocycles. The molecule has 5 nitrogen and oxygen atoms in total. The first-order chi connectivity index (χ1) is 8.72. The number of nitrogens with zero attached hydrogens (tertiary/aromatic N) is 1. The Hall–Kier alpha value is -1.17. The monoisotopic (exact) mass is 252 g/mol. The zero-order chi connectivity index (χ0) is 13.0. The van der Waals surface area contributed by atoms with E-state index >= 15 is 0 Å². The number of pyridine rings is 1. The molecule has 18 heavy (non-hydrogen) atoms. The van der Waals surface area contributed by atoms with Gasteiger partial charge in [-0.25, -0.2) is 4.98 Å². The Morgan fingerprint density at radius 3 is 2.72 bits per heavy atom. The maximum Gasteiger partial charge on any atom is 0.212 e. The lowest BCUT2D eigenvalue weighted by Crippen LogP contribution is -2.41. The van der Waals surface area contributed by atoms with E-state index in [0.29, 0.717) is 25.6 Å². The van der Waals surface area contributed by atoms with Crippen molar-refractivity contribution in [1.82, 2.24) is 4.98 Å². The summed E-state index contributed by atoms with van der Waals surface area (Å²) in [5.74, 6) is 0.541. The van der Waals surface area contributed by atoms with E-state index in [0.717, 1.165) is 18.4 Å². The van der Waals surface area contributed by atoms with Crippen molar-refractivity contribution in [2.24, 2.45) is 11.1 Å². The zero-order valence-corrected chi connectivity index (χ0v) is 10.6. The number of aliphatic hydroxyl groups is 1. The van der Waals surface area contributed by atoms with Crippen LogP contribution in [0.4, 0.5) is 0 Å². The predicted octanol–water partition coefficient (Wildman–Crippen LogP) is 0.879. The Kier molecular flexibility index (Phi) is 4.16. The van der Waals surface area contributed by atoms with Gasteiger partial charge in [-0.3, -0.25) is 0 Å². The fourth-order valence-electron chi connectivity index (χ4n) is 2.39. The molecule has 2 heterocycles. The number of rotatable bonds is 4. The van der Waals surface area contributed by atoms with Gasteiger partial charge in [-0.15, -0.1) is 0 Å². The first-order valence-electron chi connectivity index (χ1n) is 6.18. The van der Waals surface area contributed by atoms with Gasteiger partial charge in [0, 0.05) is 37.4 Å². The molecule has 3 N–H and O–H groups in total. The number of aliphatic hydroxyl groups excluding tert-OH is 1. The van der Waals surface area contributed by atoms with Crippen LogP contribution in [0.25, 0.3) is 0 Å². The van der Waals surface area contributed by atoms with Crippen LogP contribution in [-0.4, -0.2) is 37.0 Å². The fourth-order valence-corrected chi connectivity index (χ4v) is 2.39. The number of aromatic nitrogens is 1. The van der Waals surface area contributed by atoms with Gasteiger partial charge >= 0.3 is 0 Å². The number of methoxy groups -OCH3 is 1. The molecule has 1 fully saturated rings. The minimum absolute atomic E-state index is 0.297. The number of hydrogen-bond acceptors (Lipinski definition) is 5. The maximum atomic E-state index is 10.5. The Morgan fingerprint density at radius 2 is 2.22 bits per heavy atom. The highest BCUT2D eigenvalue weighted by Crippen LogP contribution is 2.41. The molecular weight excluding hydrogens is 232 g/mol. The van der Waals surface area contributed by atoms with Crippen LogP contribution in [-0.2, 0) is 4.74 Å². The Balaban J connectivity index is 2.19. The molecule has 1 saturated heterocycles. The number of hydrogen-bond donors (Lipinski definition) is 2. The van der Waals surface area contributed by atoms with Crippen LogP contribution in [0.2, 0.25) is 0 Å². The maximum absolute atomic E-state index is 10.5. The van der Waals surface area contributed by atoms with Crippen molar-refractivity contribution in [3.8, 4) is 5.88 Å². The van der Waals surface area contributed by atoms with Crippen molar-refractivity contribution >= 4 is 0 Å². The van der Waals surface area contributed by atoms with Crippen LogP contribution in [0.5, 0.6) is 5.88 Å². The molecule has 0 radical (unpaired) electrons. The summed E-state index contributed by atoms with van der Waals surface area (Å²) in [5, 5.41) is 10.5. The largest absolute Gasteiger partial charge is 0.481 e. The predicted molar refractivity (Wildman–Crippen MR) is 67.3 cm³/mol. The third-order valence-corrected chi connectivity index (χ3v) is 3.76. The molecule has 0 bridgehead atoms. The van der Waals surface area contributed by atoms with E-state index in [4.69, 9.17) is 15.2 Å². The summed E-state index contributed by atoms with van der Waals surface area (Å²) in [6, 6.07) is 3.59. The molecule has 0 aliphatic carbocycles. The lowest BCUT2D eigenvalue weighted by Gasteiger charge is -2.40. The fraction of sp³-hybridized carbons (Fsp3) is 0.615. The molecule has 0 aromatic carbocycles. The van der Waals surface area contributed by atoms with Crippen molar-refractivity contribution in [3.05, 3.63) is 23.9 Å². The van der Waals surface area contributed by atoms with Gasteiger partial charge in [0.05, 0.1) is 13.2 Å². The van der Waals surface area contributed by atoms with Gasteiger partial charge in [-0.05, 0) is 24.5 Å². The summed E-state index contributed by atoms with van der Waals surface area (Å²) in [6.45, 7) is 1.75. The van der Waals surface area contributed by atoms with Crippen molar-refractivity contribution in [3.63, 3.8) is 0 Å². The molecule has 0 amide bonds. The molecule has 0 saturated carbocycles. The molecular formula is C13H20N2O3. The highest BCUT2D eigenvalue weighted by molar-refractivity contribution is 5.21. The zero-order valence-electron chi connectivity index (χ0n) is 10.6. The van der Waals surface area contributed by atoms with Gasteiger partial charge in [-0.1, -0.05) is 0 Å². The first kappa shape index (κ1) is 13.3. The van der Waals surface area contributed by atoms with E-state index in [1.165, 1.54) is 0 Å². The summed E-state index contributed by atoms with van der Waals surface area (Å²) in [4.78, 5) is 4.12. The summed E-state index contributed by atoms with van der Waals surface area (Å²) in [5.41, 5.74) is 6.36. The topological polar surface area (TPSA) is 77.6 Å². The van der Waals surface area contributed by atoms with Gasteiger partial charge in [0.15, 0.2) is 0 Å². The minimum Gasteiger partial charge on any atom is -0.481 e. The van der Waals surface area contributed by atoms with Gasteiger partial charge in [0.25, 0.3) is 0 Å². The van der Waals surface area contributed by atoms with Crippen molar-refractivity contribution in [1.29, 1.82) is 0 Å². The number of nitrogens with two attached hydrogens (primary N) is 1. The smallest absolute Gasteiger partial charge is 0.212 e. The van der Waals surface area contributed by atoms with Gasteiger partial charge < -0.3 is 20.3 Å². The van der Waals surface area contributed by atoms with Crippen LogP contribution >= 0.6 is 0 Å². The van der Waals surface area contributed by atoms with E-state index in [2.05, 4.69) is 4.98 Å². The van der Waals surface area contributed by atoms with E-state index in [9.17, 15) is 5.11 Å². The van der Waals surface area contributed by atoms with Crippen LogP contribution in [0, 0.1) is 5.41 Å². The molecule has 0 spiro atoms. The Labute approximate surface area is 107 Å². The second-order valence-corrected chi connectivity index (χ2v) is 4.72. The van der Waals surface area contributed by atoms with Gasteiger partial charge in [-0.2, -0.15) is 0 Å². The minimum atomic E-state index is -0.607. The van der Waals surface area contributed by atoms with E-state index in [1.807, 2.05) is 6.07 Å². The number of ether oxygens (including phenoxy) is 2. The SMILES string of the molecule is COc1ccc(C(O)C2(CN)CCOCC2)cn1. The second kappa shape index (κ2) is 5.65. The third kappa shape index (κ3) is 2.48. The lowest BCUT2D eigenvalue weighted by atomic mass is 9.73. The summed E-state index contributed by atoms with van der Waals surface area (Å²) in [6.07, 6.45) is 2.59. The quantitative estimate of drug-likeness (QED) is 0.831. The van der Waals surface area contributed by atoms with E-state index in [1.54, 1.807) is 19.4 Å². The van der Waals surface area contributed by atoms with Crippen LogP contribution in [0.15, 0.2) is 18.3 Å². The molecule has 1 atom stereocenters. The Bertz CT molecular complexity index is 374. The molecule has 1 aromatic rings. The third-order valence-electron chi connectivity index (χ3n) is 3.76.